The second-order valence-electron chi connectivity index (χ2n) is 8.00. The van der Waals surface area contributed by atoms with Gasteiger partial charge < -0.3 is 9.80 Å². The van der Waals surface area contributed by atoms with Crippen LogP contribution in [0.5, 0.6) is 0 Å². The minimum atomic E-state index is 0. The van der Waals surface area contributed by atoms with Crippen LogP contribution >= 0.6 is 12.4 Å². The summed E-state index contributed by atoms with van der Waals surface area (Å²) >= 11 is 0. The Labute approximate surface area is 171 Å². The third-order valence-electron chi connectivity index (χ3n) is 6.31. The largest absolute Gasteiger partial charge is 0.302 e. The van der Waals surface area contributed by atoms with E-state index in [1.807, 2.05) is 0 Å². The second kappa shape index (κ2) is 10.3. The summed E-state index contributed by atoms with van der Waals surface area (Å²) in [6.45, 7) is 6.30. The molecular weight excluding hydrogens is 352 g/mol. The molecule has 3 heteroatoms. The number of piperidine rings is 2. The molecular formula is C24H33ClN2. The van der Waals surface area contributed by atoms with Crippen molar-refractivity contribution < 1.29 is 0 Å². The fourth-order valence-corrected chi connectivity index (χ4v) is 4.78. The highest BCUT2D eigenvalue weighted by atomic mass is 35.5. The molecule has 0 radical (unpaired) electrons. The standard InChI is InChI=1S/C24H32N2.ClH/c1-4-10-21(11-5-1)24(22-12-6-2-7-13-22)20-25-18-14-23(15-19-25)26-16-8-3-9-17-26;/h1-2,4-7,10-13,23-24H,3,8-9,14-20H2;1H. The Hall–Kier alpha value is -1.35. The van der Waals surface area contributed by atoms with Crippen LogP contribution in [0.4, 0.5) is 0 Å². The highest BCUT2D eigenvalue weighted by molar-refractivity contribution is 5.85. The van der Waals surface area contributed by atoms with Gasteiger partial charge in [0.05, 0.1) is 0 Å². The van der Waals surface area contributed by atoms with E-state index in [4.69, 9.17) is 0 Å². The van der Waals surface area contributed by atoms with Crippen molar-refractivity contribution in [2.24, 2.45) is 0 Å². The first-order valence-corrected chi connectivity index (χ1v) is 10.5. The van der Waals surface area contributed by atoms with E-state index in [1.54, 1.807) is 0 Å². The molecule has 2 aliphatic heterocycles. The van der Waals surface area contributed by atoms with E-state index in [1.165, 1.54) is 69.4 Å². The van der Waals surface area contributed by atoms with E-state index in [9.17, 15) is 0 Å². The Morgan fingerprint density at radius 3 is 1.74 bits per heavy atom. The minimum absolute atomic E-state index is 0. The van der Waals surface area contributed by atoms with Crippen LogP contribution in [0.1, 0.15) is 49.1 Å². The molecule has 2 aliphatic rings. The molecule has 0 aromatic heterocycles. The van der Waals surface area contributed by atoms with Crippen LogP contribution in [-0.2, 0) is 0 Å². The van der Waals surface area contributed by atoms with E-state index in [-0.39, 0.29) is 12.4 Å². The Balaban J connectivity index is 0.00000210. The molecule has 0 amide bonds. The first kappa shape index (κ1) is 20.4. The van der Waals surface area contributed by atoms with Gasteiger partial charge in [-0.15, -0.1) is 12.4 Å². The van der Waals surface area contributed by atoms with Crippen LogP contribution in [0.3, 0.4) is 0 Å². The SMILES string of the molecule is Cl.c1ccc(C(CN2CCC(N3CCCCC3)CC2)c2ccccc2)cc1. The van der Waals surface area contributed by atoms with Crippen molar-refractivity contribution in [3.63, 3.8) is 0 Å². The minimum Gasteiger partial charge on any atom is -0.302 e. The number of hydrogen-bond donors (Lipinski definition) is 0. The van der Waals surface area contributed by atoms with E-state index in [0.717, 1.165) is 12.6 Å². The number of hydrogen-bond acceptors (Lipinski definition) is 2. The Morgan fingerprint density at radius 2 is 1.22 bits per heavy atom. The van der Waals surface area contributed by atoms with Gasteiger partial charge in [0.1, 0.15) is 0 Å². The molecule has 0 aliphatic carbocycles. The third kappa shape index (κ3) is 5.34. The summed E-state index contributed by atoms with van der Waals surface area (Å²) in [5.41, 5.74) is 2.88. The zero-order valence-electron chi connectivity index (χ0n) is 16.3. The van der Waals surface area contributed by atoms with Crippen molar-refractivity contribution in [2.75, 3.05) is 32.7 Å². The van der Waals surface area contributed by atoms with Gasteiger partial charge in [-0.05, 0) is 63.0 Å². The number of halogens is 1. The fourth-order valence-electron chi connectivity index (χ4n) is 4.78. The first-order valence-electron chi connectivity index (χ1n) is 10.5. The highest BCUT2D eigenvalue weighted by Crippen LogP contribution is 2.28. The summed E-state index contributed by atoms with van der Waals surface area (Å²) in [7, 11) is 0. The predicted molar refractivity (Wildman–Crippen MR) is 117 cm³/mol. The van der Waals surface area contributed by atoms with E-state index < -0.39 is 0 Å². The number of benzene rings is 2. The molecule has 0 saturated carbocycles. The molecule has 27 heavy (non-hydrogen) atoms. The van der Waals surface area contributed by atoms with E-state index in [0.29, 0.717) is 5.92 Å². The first-order chi connectivity index (χ1) is 12.9. The van der Waals surface area contributed by atoms with Crippen LogP contribution in [-0.4, -0.2) is 48.6 Å². The molecule has 2 heterocycles. The molecule has 2 fully saturated rings. The lowest BCUT2D eigenvalue weighted by Crippen LogP contribution is -2.47. The maximum absolute atomic E-state index is 2.77. The van der Waals surface area contributed by atoms with Crippen LogP contribution < -0.4 is 0 Å². The van der Waals surface area contributed by atoms with Gasteiger partial charge in [0.15, 0.2) is 0 Å². The molecule has 2 saturated heterocycles. The summed E-state index contributed by atoms with van der Waals surface area (Å²) < 4.78 is 0. The summed E-state index contributed by atoms with van der Waals surface area (Å²) in [5.74, 6) is 0.476. The topological polar surface area (TPSA) is 6.48 Å². The molecule has 2 nitrogen and oxygen atoms in total. The monoisotopic (exact) mass is 384 g/mol. The molecule has 146 valence electrons. The molecule has 2 aromatic carbocycles. The summed E-state index contributed by atoms with van der Waals surface area (Å²) in [4.78, 5) is 5.47. The lowest BCUT2D eigenvalue weighted by atomic mass is 9.90. The van der Waals surface area contributed by atoms with Crippen molar-refractivity contribution >= 4 is 12.4 Å². The number of rotatable bonds is 5. The summed E-state index contributed by atoms with van der Waals surface area (Å²) in [6.07, 6.45) is 6.94. The average Bonchev–Trinajstić information content (AvgIpc) is 2.74. The second-order valence-corrected chi connectivity index (χ2v) is 8.00. The van der Waals surface area contributed by atoms with Gasteiger partial charge >= 0.3 is 0 Å². The normalized spacial score (nSPS) is 19.7. The molecule has 2 aromatic rings. The van der Waals surface area contributed by atoms with E-state index in [2.05, 4.69) is 70.5 Å². The predicted octanol–water partition coefficient (Wildman–Crippen LogP) is 5.19. The van der Waals surface area contributed by atoms with Gasteiger partial charge in [-0.25, -0.2) is 0 Å². The van der Waals surface area contributed by atoms with Gasteiger partial charge in [0.25, 0.3) is 0 Å². The van der Waals surface area contributed by atoms with Gasteiger partial charge in [-0.1, -0.05) is 67.1 Å². The number of likely N-dealkylation sites (tertiary alicyclic amines) is 2. The molecule has 0 N–H and O–H groups in total. The highest BCUT2D eigenvalue weighted by Gasteiger charge is 2.27. The summed E-state index contributed by atoms with van der Waals surface area (Å²) in [5, 5.41) is 0. The smallest absolute Gasteiger partial charge is 0.0217 e. The van der Waals surface area contributed by atoms with Gasteiger partial charge in [0, 0.05) is 18.5 Å². The van der Waals surface area contributed by atoms with Crippen LogP contribution in [0.15, 0.2) is 60.7 Å². The van der Waals surface area contributed by atoms with E-state index >= 15 is 0 Å². The molecule has 4 rings (SSSR count). The Morgan fingerprint density at radius 1 is 0.704 bits per heavy atom. The van der Waals surface area contributed by atoms with Gasteiger partial charge in [-0.2, -0.15) is 0 Å². The van der Waals surface area contributed by atoms with Crippen molar-refractivity contribution in [2.45, 2.75) is 44.1 Å². The fraction of sp³-hybridized carbons (Fsp3) is 0.500. The maximum atomic E-state index is 2.77. The zero-order valence-corrected chi connectivity index (χ0v) is 17.1. The lowest BCUT2D eigenvalue weighted by molar-refractivity contribution is 0.0913. The van der Waals surface area contributed by atoms with Crippen LogP contribution in [0, 0.1) is 0 Å². The summed E-state index contributed by atoms with van der Waals surface area (Å²) in [6, 6.07) is 22.9. The zero-order chi connectivity index (χ0) is 17.6. The number of nitrogens with zero attached hydrogens (tertiary/aromatic N) is 2. The Bertz CT molecular complexity index is 607. The van der Waals surface area contributed by atoms with Crippen molar-refractivity contribution in [3.05, 3.63) is 71.8 Å². The van der Waals surface area contributed by atoms with Gasteiger partial charge in [-0.3, -0.25) is 0 Å². The van der Waals surface area contributed by atoms with Crippen LogP contribution in [0.2, 0.25) is 0 Å². The van der Waals surface area contributed by atoms with Crippen molar-refractivity contribution in [3.8, 4) is 0 Å². The third-order valence-corrected chi connectivity index (χ3v) is 6.31. The average molecular weight is 385 g/mol. The van der Waals surface area contributed by atoms with Crippen molar-refractivity contribution in [1.29, 1.82) is 0 Å². The quantitative estimate of drug-likeness (QED) is 0.699. The lowest BCUT2D eigenvalue weighted by Gasteiger charge is -2.41. The molecule has 0 bridgehead atoms. The maximum Gasteiger partial charge on any atom is 0.0217 e. The molecule has 0 atom stereocenters. The molecule has 0 spiro atoms. The van der Waals surface area contributed by atoms with Gasteiger partial charge in [0.2, 0.25) is 0 Å². The Kier molecular flexibility index (Phi) is 7.75. The van der Waals surface area contributed by atoms with Crippen LogP contribution in [0.25, 0.3) is 0 Å². The van der Waals surface area contributed by atoms with Crippen molar-refractivity contribution in [1.82, 2.24) is 9.80 Å². The molecule has 0 unspecified atom stereocenters.